The maximum Gasteiger partial charge on any atom is 0.228 e. The summed E-state index contributed by atoms with van der Waals surface area (Å²) in [5, 5.41) is -0.0605. The Labute approximate surface area is 96.0 Å². The fraction of sp³-hybridized carbons (Fsp3) is 0.300. The van der Waals surface area contributed by atoms with Crippen LogP contribution >= 0.6 is 27.5 Å². The number of para-hydroxylation sites is 1. The summed E-state index contributed by atoms with van der Waals surface area (Å²) >= 11 is 9.34. The van der Waals surface area contributed by atoms with Gasteiger partial charge in [-0.1, -0.05) is 12.1 Å². The summed E-state index contributed by atoms with van der Waals surface area (Å²) in [4.78, 5) is 13.3. The van der Waals surface area contributed by atoms with Crippen molar-refractivity contribution in [2.24, 2.45) is 0 Å². The lowest BCUT2D eigenvalue weighted by molar-refractivity contribution is -0.117. The number of alkyl halides is 1. The van der Waals surface area contributed by atoms with Gasteiger partial charge < -0.3 is 4.90 Å². The Morgan fingerprint density at radius 1 is 1.43 bits per heavy atom. The van der Waals surface area contributed by atoms with Gasteiger partial charge in [0.25, 0.3) is 0 Å². The number of benzene rings is 1. The molecule has 0 N–H and O–H groups in total. The summed E-state index contributed by atoms with van der Waals surface area (Å²) in [6.07, 6.45) is 0.433. The Morgan fingerprint density at radius 3 is 2.71 bits per heavy atom. The van der Waals surface area contributed by atoms with E-state index in [0.29, 0.717) is 13.0 Å². The van der Waals surface area contributed by atoms with E-state index in [9.17, 15) is 4.79 Å². The van der Waals surface area contributed by atoms with Crippen molar-refractivity contribution in [2.45, 2.75) is 11.8 Å². The van der Waals surface area contributed by atoms with Gasteiger partial charge in [-0.3, -0.25) is 4.79 Å². The van der Waals surface area contributed by atoms with Crippen LogP contribution in [0.5, 0.6) is 0 Å². The summed E-state index contributed by atoms with van der Waals surface area (Å²) in [5.74, 6) is 0.0944. The van der Waals surface area contributed by atoms with Crippen molar-refractivity contribution in [1.29, 1.82) is 0 Å². The molecule has 1 heterocycles. The maximum atomic E-state index is 11.6. The topological polar surface area (TPSA) is 20.3 Å². The maximum absolute atomic E-state index is 11.6. The summed E-state index contributed by atoms with van der Waals surface area (Å²) in [6.45, 7) is 0.600. The van der Waals surface area contributed by atoms with E-state index in [1.54, 1.807) is 4.90 Å². The fourth-order valence-corrected chi connectivity index (χ4v) is 2.34. The predicted molar refractivity (Wildman–Crippen MR) is 60.8 cm³/mol. The van der Waals surface area contributed by atoms with E-state index >= 15 is 0 Å². The number of anilines is 1. The molecule has 1 amide bonds. The molecule has 1 fully saturated rings. The van der Waals surface area contributed by atoms with Crippen LogP contribution in [0.1, 0.15) is 6.42 Å². The summed E-state index contributed by atoms with van der Waals surface area (Å²) in [7, 11) is 0. The smallest absolute Gasteiger partial charge is 0.228 e. The number of carbonyl (C=O) groups is 1. The number of halogens is 2. The highest BCUT2D eigenvalue weighted by Crippen LogP contribution is 2.30. The predicted octanol–water partition coefficient (Wildman–Crippen LogP) is 2.79. The highest BCUT2D eigenvalue weighted by atomic mass is 79.9. The van der Waals surface area contributed by atoms with E-state index in [2.05, 4.69) is 15.9 Å². The van der Waals surface area contributed by atoms with E-state index < -0.39 is 0 Å². The monoisotopic (exact) mass is 273 g/mol. The van der Waals surface area contributed by atoms with Crippen molar-refractivity contribution in [3.8, 4) is 0 Å². The zero-order chi connectivity index (χ0) is 10.1. The van der Waals surface area contributed by atoms with Crippen molar-refractivity contribution in [3.63, 3.8) is 0 Å². The molecule has 0 aliphatic carbocycles. The normalized spacial score (nSPS) is 21.7. The largest absolute Gasteiger partial charge is 0.310 e. The number of amides is 1. The van der Waals surface area contributed by atoms with Crippen molar-refractivity contribution < 1.29 is 4.79 Å². The molecule has 4 heteroatoms. The Bertz CT molecular complexity index is 369. The van der Waals surface area contributed by atoms with E-state index in [1.807, 2.05) is 24.3 Å². The number of carbonyl (C=O) groups excluding carboxylic acids is 1. The van der Waals surface area contributed by atoms with Gasteiger partial charge in [0.05, 0.1) is 11.1 Å². The van der Waals surface area contributed by atoms with Crippen LogP contribution in [0.15, 0.2) is 28.7 Å². The highest BCUT2D eigenvalue weighted by molar-refractivity contribution is 9.10. The molecule has 0 radical (unpaired) electrons. The van der Waals surface area contributed by atoms with E-state index in [1.165, 1.54) is 0 Å². The summed E-state index contributed by atoms with van der Waals surface area (Å²) in [5.41, 5.74) is 0.903. The van der Waals surface area contributed by atoms with Crippen LogP contribution in [-0.4, -0.2) is 17.8 Å². The van der Waals surface area contributed by atoms with Gasteiger partial charge in [0.1, 0.15) is 0 Å². The Hall–Kier alpha value is -0.540. The molecule has 2 nitrogen and oxygen atoms in total. The minimum atomic E-state index is -0.0605. The molecule has 0 saturated carbocycles. The third-order valence-electron chi connectivity index (χ3n) is 2.22. The van der Waals surface area contributed by atoms with Crippen molar-refractivity contribution in [2.75, 3.05) is 11.4 Å². The molecular weight excluding hydrogens is 265 g/mol. The molecule has 14 heavy (non-hydrogen) atoms. The quantitative estimate of drug-likeness (QED) is 0.721. The Kier molecular flexibility index (Phi) is 2.79. The summed E-state index contributed by atoms with van der Waals surface area (Å²) < 4.78 is 0.930. The minimum Gasteiger partial charge on any atom is -0.310 e. The van der Waals surface area contributed by atoms with Crippen LogP contribution in [0.25, 0.3) is 0 Å². The number of rotatable bonds is 1. The molecule has 1 aromatic rings. The van der Waals surface area contributed by atoms with Gasteiger partial charge in [-0.2, -0.15) is 0 Å². The molecule has 0 aromatic heterocycles. The molecule has 74 valence electrons. The first-order chi connectivity index (χ1) is 6.68. The van der Waals surface area contributed by atoms with E-state index in [0.717, 1.165) is 10.2 Å². The zero-order valence-electron chi connectivity index (χ0n) is 7.41. The first-order valence-corrected chi connectivity index (χ1v) is 5.60. The SMILES string of the molecule is O=C1CC(Cl)CN1c1ccccc1Br. The second-order valence-electron chi connectivity index (χ2n) is 3.26. The van der Waals surface area contributed by atoms with Crippen LogP contribution < -0.4 is 4.90 Å². The zero-order valence-corrected chi connectivity index (χ0v) is 9.75. The van der Waals surface area contributed by atoms with Gasteiger partial charge in [-0.15, -0.1) is 11.6 Å². The molecule has 2 rings (SSSR count). The van der Waals surface area contributed by atoms with Gasteiger partial charge >= 0.3 is 0 Å². The second kappa shape index (κ2) is 3.91. The van der Waals surface area contributed by atoms with Gasteiger partial charge in [0, 0.05) is 17.4 Å². The molecule has 1 aliphatic rings. The minimum absolute atomic E-state index is 0.0605. The van der Waals surface area contributed by atoms with Crippen LogP contribution in [0.3, 0.4) is 0 Å². The molecular formula is C10H9BrClNO. The average molecular weight is 275 g/mol. The van der Waals surface area contributed by atoms with Gasteiger partial charge in [-0.05, 0) is 28.1 Å². The molecule has 1 aromatic carbocycles. The molecule has 1 saturated heterocycles. The highest BCUT2D eigenvalue weighted by Gasteiger charge is 2.29. The van der Waals surface area contributed by atoms with Gasteiger partial charge in [-0.25, -0.2) is 0 Å². The van der Waals surface area contributed by atoms with Crippen LogP contribution in [0.2, 0.25) is 0 Å². The fourth-order valence-electron chi connectivity index (χ4n) is 1.57. The molecule has 1 unspecified atom stereocenters. The van der Waals surface area contributed by atoms with E-state index in [-0.39, 0.29) is 11.3 Å². The van der Waals surface area contributed by atoms with E-state index in [4.69, 9.17) is 11.6 Å². The summed E-state index contributed by atoms with van der Waals surface area (Å²) in [6, 6.07) is 7.67. The molecule has 0 spiro atoms. The third-order valence-corrected chi connectivity index (χ3v) is 3.18. The standard InChI is InChI=1S/C10H9BrClNO/c11-8-3-1-2-4-9(8)13-6-7(12)5-10(13)14/h1-4,7H,5-6H2. The molecule has 1 atom stereocenters. The lowest BCUT2D eigenvalue weighted by atomic mass is 10.3. The van der Waals surface area contributed by atoms with Crippen LogP contribution in [-0.2, 0) is 4.79 Å². The number of hydrogen-bond donors (Lipinski definition) is 0. The number of hydrogen-bond acceptors (Lipinski definition) is 1. The Morgan fingerprint density at radius 2 is 2.14 bits per heavy atom. The Balaban J connectivity index is 2.32. The van der Waals surface area contributed by atoms with Crippen molar-refractivity contribution in [1.82, 2.24) is 0 Å². The first kappa shape index (κ1) is 9.99. The third kappa shape index (κ3) is 1.79. The van der Waals surface area contributed by atoms with Gasteiger partial charge in [0.15, 0.2) is 0 Å². The molecule has 0 bridgehead atoms. The van der Waals surface area contributed by atoms with Crippen molar-refractivity contribution in [3.05, 3.63) is 28.7 Å². The van der Waals surface area contributed by atoms with Crippen molar-refractivity contribution >= 4 is 39.1 Å². The molecule has 1 aliphatic heterocycles. The van der Waals surface area contributed by atoms with Crippen LogP contribution in [0.4, 0.5) is 5.69 Å². The lowest BCUT2D eigenvalue weighted by Gasteiger charge is -2.17. The second-order valence-corrected chi connectivity index (χ2v) is 4.73. The lowest BCUT2D eigenvalue weighted by Crippen LogP contribution is -2.24. The van der Waals surface area contributed by atoms with Crippen LogP contribution in [0, 0.1) is 0 Å². The first-order valence-electron chi connectivity index (χ1n) is 4.37. The number of nitrogens with zero attached hydrogens (tertiary/aromatic N) is 1. The average Bonchev–Trinajstić information content (AvgIpc) is 2.46. The van der Waals surface area contributed by atoms with Gasteiger partial charge in [0.2, 0.25) is 5.91 Å².